The van der Waals surface area contributed by atoms with Gasteiger partial charge in [-0.25, -0.2) is 0 Å². The molecule has 0 fully saturated rings. The maximum absolute atomic E-state index is 8.36. The minimum absolute atomic E-state index is 0.212. The average molecular weight is 112 g/mol. The highest BCUT2D eigenvalue weighted by Crippen LogP contribution is 1.77. The fourth-order valence-electron chi connectivity index (χ4n) is 0.342. The molecule has 1 aromatic rings. The molecule has 3 heteroatoms. The van der Waals surface area contributed by atoms with Gasteiger partial charge in [0.05, 0.1) is 6.26 Å². The normalized spacial score (nSPS) is 9.29. The Morgan fingerprint density at radius 1 is 1.71 bits per heavy atom. The second-order valence-corrected chi connectivity index (χ2v) is 1.81. The Labute approximate surface area is 43.7 Å². The molecule has 7 heavy (non-hydrogen) atoms. The van der Waals surface area contributed by atoms with E-state index in [9.17, 15) is 0 Å². The maximum Gasteiger partial charge on any atom is 0.312 e. The van der Waals surface area contributed by atoms with Gasteiger partial charge < -0.3 is 9.21 Å². The molecule has 0 aliphatic carbocycles. The van der Waals surface area contributed by atoms with Gasteiger partial charge in [0.1, 0.15) is 5.38 Å². The highest BCUT2D eigenvalue weighted by Gasteiger charge is 1.89. The van der Waals surface area contributed by atoms with Crippen LogP contribution >= 0.6 is 0 Å². The van der Waals surface area contributed by atoms with Crippen LogP contribution in [0, 0.1) is 0 Å². The predicted molar refractivity (Wildman–Crippen MR) is 26.3 cm³/mol. The smallest absolute Gasteiger partial charge is 0.312 e. The molecule has 2 nitrogen and oxygen atoms in total. The van der Waals surface area contributed by atoms with Crippen molar-refractivity contribution in [3.05, 3.63) is 18.4 Å². The van der Waals surface area contributed by atoms with E-state index in [-0.39, 0.29) is 9.76 Å². The predicted octanol–water partition coefficient (Wildman–Crippen LogP) is -0.484. The Kier molecular flexibility index (Phi) is 1.28. The third-order valence-corrected chi connectivity index (χ3v) is 1.14. The fraction of sp³-hybridized carbons (Fsp3) is 0. The van der Waals surface area contributed by atoms with Gasteiger partial charge in [0, 0.05) is 0 Å². The van der Waals surface area contributed by atoms with Crippen molar-refractivity contribution < 1.29 is 9.21 Å². The first-order chi connectivity index (χ1) is 3.43. The van der Waals surface area contributed by atoms with Crippen LogP contribution in [-0.4, -0.2) is 14.6 Å². The van der Waals surface area contributed by atoms with Crippen molar-refractivity contribution in [2.75, 3.05) is 0 Å². The summed E-state index contributed by atoms with van der Waals surface area (Å²) in [7, 11) is -0.212. The Hall–Kier alpha value is -0.543. The van der Waals surface area contributed by atoms with Crippen LogP contribution in [0.3, 0.4) is 0 Å². The fourth-order valence-corrected chi connectivity index (χ4v) is 0.634. The molecule has 1 N–H and O–H groups in total. The molecule has 0 spiro atoms. The zero-order valence-corrected chi connectivity index (χ0v) is 4.59. The summed E-state index contributed by atoms with van der Waals surface area (Å²) in [5, 5.41) is 0.639. The molecule has 0 aromatic carbocycles. The van der Waals surface area contributed by atoms with Crippen LogP contribution in [-0.2, 0) is 0 Å². The summed E-state index contributed by atoms with van der Waals surface area (Å²) in [6.07, 6.45) is 1.54. The van der Waals surface area contributed by atoms with Crippen molar-refractivity contribution >= 4 is 15.1 Å². The van der Waals surface area contributed by atoms with Crippen LogP contribution in [0.15, 0.2) is 22.8 Å². The SMILES string of the molecule is O[Si]c1ccco1. The van der Waals surface area contributed by atoms with Crippen LogP contribution < -0.4 is 5.38 Å². The molecular weight excluding hydrogens is 108 g/mol. The summed E-state index contributed by atoms with van der Waals surface area (Å²) < 4.78 is 4.74. The van der Waals surface area contributed by atoms with E-state index in [4.69, 9.17) is 9.21 Å². The molecule has 2 radical (unpaired) electrons. The molecule has 36 valence electrons. The number of hydrogen-bond acceptors (Lipinski definition) is 2. The van der Waals surface area contributed by atoms with E-state index >= 15 is 0 Å². The van der Waals surface area contributed by atoms with Crippen molar-refractivity contribution in [1.82, 2.24) is 0 Å². The van der Waals surface area contributed by atoms with Gasteiger partial charge in [-0.1, -0.05) is 0 Å². The third kappa shape index (κ3) is 0.912. The molecule has 0 aliphatic rings. The molecule has 1 heterocycles. The van der Waals surface area contributed by atoms with Gasteiger partial charge in [0.2, 0.25) is 0 Å². The zero-order chi connectivity index (χ0) is 5.11. The molecular formula is C4H4O2Si. The van der Waals surface area contributed by atoms with Gasteiger partial charge in [-0.3, -0.25) is 0 Å². The van der Waals surface area contributed by atoms with Gasteiger partial charge in [0.25, 0.3) is 0 Å². The van der Waals surface area contributed by atoms with Gasteiger partial charge in [0.15, 0.2) is 0 Å². The van der Waals surface area contributed by atoms with Gasteiger partial charge in [-0.15, -0.1) is 0 Å². The molecule has 0 saturated heterocycles. The van der Waals surface area contributed by atoms with Crippen LogP contribution in [0.2, 0.25) is 0 Å². The second-order valence-electron chi connectivity index (χ2n) is 1.09. The lowest BCUT2D eigenvalue weighted by molar-refractivity contribution is 0.563. The minimum Gasteiger partial charge on any atom is -0.472 e. The molecule has 0 bridgehead atoms. The van der Waals surface area contributed by atoms with Crippen molar-refractivity contribution in [1.29, 1.82) is 0 Å². The summed E-state index contributed by atoms with van der Waals surface area (Å²) in [6.45, 7) is 0. The first-order valence-electron chi connectivity index (χ1n) is 1.87. The van der Waals surface area contributed by atoms with Crippen LogP contribution in [0.1, 0.15) is 0 Å². The van der Waals surface area contributed by atoms with E-state index in [0.29, 0.717) is 5.38 Å². The summed E-state index contributed by atoms with van der Waals surface area (Å²) in [5.74, 6) is 0. The molecule has 0 atom stereocenters. The minimum atomic E-state index is -0.212. The second kappa shape index (κ2) is 1.95. The van der Waals surface area contributed by atoms with E-state index in [1.807, 2.05) is 0 Å². The summed E-state index contributed by atoms with van der Waals surface area (Å²) >= 11 is 0. The molecule has 0 amide bonds. The van der Waals surface area contributed by atoms with E-state index < -0.39 is 0 Å². The van der Waals surface area contributed by atoms with E-state index in [1.54, 1.807) is 18.4 Å². The number of hydrogen-bond donors (Lipinski definition) is 1. The molecule has 0 saturated carbocycles. The van der Waals surface area contributed by atoms with Crippen LogP contribution in [0.25, 0.3) is 0 Å². The summed E-state index contributed by atoms with van der Waals surface area (Å²) in [6, 6.07) is 3.48. The van der Waals surface area contributed by atoms with Crippen molar-refractivity contribution in [3.63, 3.8) is 0 Å². The van der Waals surface area contributed by atoms with Crippen LogP contribution in [0.5, 0.6) is 0 Å². The molecule has 0 unspecified atom stereocenters. The summed E-state index contributed by atoms with van der Waals surface area (Å²) in [4.78, 5) is 8.36. The maximum atomic E-state index is 8.36. The lowest BCUT2D eigenvalue weighted by atomic mass is 10.7. The van der Waals surface area contributed by atoms with E-state index in [0.717, 1.165) is 0 Å². The van der Waals surface area contributed by atoms with Crippen molar-refractivity contribution in [2.45, 2.75) is 0 Å². The largest absolute Gasteiger partial charge is 0.472 e. The number of rotatable bonds is 1. The lowest BCUT2D eigenvalue weighted by Gasteiger charge is -1.76. The quantitative estimate of drug-likeness (QED) is 0.498. The molecule has 1 rings (SSSR count). The van der Waals surface area contributed by atoms with Crippen molar-refractivity contribution in [2.24, 2.45) is 0 Å². The Balaban J connectivity index is 2.76. The standard InChI is InChI=1S/C4H4O2Si/c5-7-4-2-1-3-6-4/h1-3,5H. The van der Waals surface area contributed by atoms with E-state index in [2.05, 4.69) is 0 Å². The Bertz CT molecular complexity index is 124. The van der Waals surface area contributed by atoms with Gasteiger partial charge >= 0.3 is 9.76 Å². The monoisotopic (exact) mass is 112 g/mol. The van der Waals surface area contributed by atoms with Crippen LogP contribution in [0.4, 0.5) is 0 Å². The summed E-state index contributed by atoms with van der Waals surface area (Å²) in [5.41, 5.74) is 0. The Morgan fingerprint density at radius 2 is 2.57 bits per heavy atom. The molecule has 0 aliphatic heterocycles. The lowest BCUT2D eigenvalue weighted by Crippen LogP contribution is -2.08. The highest BCUT2D eigenvalue weighted by atomic mass is 28.2. The molecule has 1 aromatic heterocycles. The Morgan fingerprint density at radius 3 is 2.86 bits per heavy atom. The first kappa shape index (κ1) is 4.61. The van der Waals surface area contributed by atoms with Crippen molar-refractivity contribution in [3.8, 4) is 0 Å². The van der Waals surface area contributed by atoms with Gasteiger partial charge in [-0.2, -0.15) is 0 Å². The van der Waals surface area contributed by atoms with E-state index in [1.165, 1.54) is 0 Å². The topological polar surface area (TPSA) is 33.4 Å². The third-order valence-electron chi connectivity index (χ3n) is 0.631. The van der Waals surface area contributed by atoms with Gasteiger partial charge in [-0.05, 0) is 12.1 Å². The number of furan rings is 1. The highest BCUT2D eigenvalue weighted by molar-refractivity contribution is 6.43. The average Bonchev–Trinajstić information content (AvgIpc) is 2.14. The first-order valence-corrected chi connectivity index (χ1v) is 2.82. The zero-order valence-electron chi connectivity index (χ0n) is 3.59.